The van der Waals surface area contributed by atoms with E-state index in [9.17, 15) is 14.0 Å². The summed E-state index contributed by atoms with van der Waals surface area (Å²) in [5.41, 5.74) is 1.29. The van der Waals surface area contributed by atoms with Crippen LogP contribution in [0.2, 0.25) is 0 Å². The summed E-state index contributed by atoms with van der Waals surface area (Å²) < 4.78 is 13.9. The molecular formula is C19H21FN4O2S. The van der Waals surface area contributed by atoms with Crippen molar-refractivity contribution < 1.29 is 14.0 Å². The van der Waals surface area contributed by atoms with Crippen LogP contribution < -0.4 is 9.80 Å². The number of hydrogen-bond donors (Lipinski definition) is 0. The summed E-state index contributed by atoms with van der Waals surface area (Å²) in [4.78, 5) is 34.3. The maximum absolute atomic E-state index is 13.9. The van der Waals surface area contributed by atoms with Crippen molar-refractivity contribution in [3.8, 4) is 0 Å². The zero-order valence-electron chi connectivity index (χ0n) is 14.9. The molecule has 1 aromatic carbocycles. The van der Waals surface area contributed by atoms with Crippen LogP contribution in [0, 0.1) is 5.82 Å². The van der Waals surface area contributed by atoms with E-state index in [1.165, 1.54) is 17.4 Å². The van der Waals surface area contributed by atoms with Gasteiger partial charge in [-0.3, -0.25) is 14.5 Å². The zero-order chi connectivity index (χ0) is 18.8. The highest BCUT2D eigenvalue weighted by molar-refractivity contribution is 7.14. The normalized spacial score (nSPS) is 17.7. The third-order valence-electron chi connectivity index (χ3n) is 5.00. The van der Waals surface area contributed by atoms with Crippen LogP contribution in [-0.2, 0) is 16.0 Å². The molecule has 0 aliphatic carbocycles. The summed E-state index contributed by atoms with van der Waals surface area (Å²) in [6, 6.07) is 6.72. The van der Waals surface area contributed by atoms with Gasteiger partial charge in [-0.2, -0.15) is 0 Å². The topological polar surface area (TPSA) is 56.8 Å². The van der Waals surface area contributed by atoms with E-state index in [0.29, 0.717) is 55.7 Å². The van der Waals surface area contributed by atoms with E-state index in [-0.39, 0.29) is 24.1 Å². The molecule has 4 rings (SSSR count). The number of piperazine rings is 1. The average molecular weight is 388 g/mol. The molecule has 6 nitrogen and oxygen atoms in total. The van der Waals surface area contributed by atoms with Gasteiger partial charge >= 0.3 is 0 Å². The van der Waals surface area contributed by atoms with Gasteiger partial charge in [0.05, 0.1) is 17.8 Å². The van der Waals surface area contributed by atoms with Crippen LogP contribution in [0.5, 0.6) is 0 Å². The van der Waals surface area contributed by atoms with Crippen molar-refractivity contribution in [2.45, 2.75) is 19.3 Å². The van der Waals surface area contributed by atoms with E-state index < -0.39 is 0 Å². The predicted molar refractivity (Wildman–Crippen MR) is 103 cm³/mol. The highest BCUT2D eigenvalue weighted by atomic mass is 32.1. The number of carbonyl (C=O) groups is 2. The van der Waals surface area contributed by atoms with E-state index >= 15 is 0 Å². The van der Waals surface area contributed by atoms with Gasteiger partial charge in [-0.25, -0.2) is 9.37 Å². The van der Waals surface area contributed by atoms with Crippen LogP contribution in [0.1, 0.15) is 18.5 Å². The Bertz CT molecular complexity index is 848. The first kappa shape index (κ1) is 17.9. The van der Waals surface area contributed by atoms with Crippen LogP contribution in [0.15, 0.2) is 29.6 Å². The summed E-state index contributed by atoms with van der Waals surface area (Å²) in [7, 11) is 0. The lowest BCUT2D eigenvalue weighted by atomic mass is 10.2. The monoisotopic (exact) mass is 388 g/mol. The van der Waals surface area contributed by atoms with E-state index in [0.717, 1.165) is 6.42 Å². The van der Waals surface area contributed by atoms with Gasteiger partial charge in [-0.15, -0.1) is 11.3 Å². The first-order valence-electron chi connectivity index (χ1n) is 9.14. The van der Waals surface area contributed by atoms with Crippen molar-refractivity contribution >= 4 is 34.0 Å². The minimum atomic E-state index is -0.233. The molecule has 3 heterocycles. The summed E-state index contributed by atoms with van der Waals surface area (Å²) >= 11 is 1.41. The lowest BCUT2D eigenvalue weighted by Gasteiger charge is -2.36. The van der Waals surface area contributed by atoms with Crippen LogP contribution in [0.25, 0.3) is 0 Å². The lowest BCUT2D eigenvalue weighted by molar-refractivity contribution is -0.130. The molecule has 2 fully saturated rings. The van der Waals surface area contributed by atoms with E-state index in [1.807, 2.05) is 16.3 Å². The smallest absolute Gasteiger partial charge is 0.228 e. The number of thiazole rings is 1. The van der Waals surface area contributed by atoms with Gasteiger partial charge in [0.25, 0.3) is 0 Å². The first-order valence-corrected chi connectivity index (χ1v) is 10.0. The van der Waals surface area contributed by atoms with Crippen molar-refractivity contribution in [3.05, 3.63) is 41.2 Å². The Morgan fingerprint density at radius 1 is 1.15 bits per heavy atom. The molecule has 2 aliphatic rings. The van der Waals surface area contributed by atoms with Gasteiger partial charge in [0.2, 0.25) is 11.8 Å². The van der Waals surface area contributed by atoms with Crippen molar-refractivity contribution in [1.29, 1.82) is 0 Å². The lowest BCUT2D eigenvalue weighted by Crippen LogP contribution is -2.49. The van der Waals surface area contributed by atoms with Crippen LogP contribution >= 0.6 is 11.3 Å². The highest BCUT2D eigenvalue weighted by Gasteiger charge is 2.26. The number of benzene rings is 1. The van der Waals surface area contributed by atoms with Crippen LogP contribution in [-0.4, -0.2) is 54.4 Å². The van der Waals surface area contributed by atoms with Gasteiger partial charge < -0.3 is 9.80 Å². The number of nitrogens with zero attached hydrogens (tertiary/aromatic N) is 4. The maximum Gasteiger partial charge on any atom is 0.228 e. The SMILES string of the molecule is O=C(Cc1csc(N2CCCC2=O)n1)N1CCN(c2ccccc2F)CC1. The number of amides is 2. The fourth-order valence-electron chi connectivity index (χ4n) is 3.52. The summed E-state index contributed by atoms with van der Waals surface area (Å²) in [6.07, 6.45) is 1.66. The van der Waals surface area contributed by atoms with Gasteiger partial charge in [0, 0.05) is 44.5 Å². The molecule has 142 valence electrons. The molecule has 8 heteroatoms. The number of halogens is 1. The minimum Gasteiger partial charge on any atom is -0.366 e. The Balaban J connectivity index is 1.33. The van der Waals surface area contributed by atoms with Crippen LogP contribution in [0.3, 0.4) is 0 Å². The summed E-state index contributed by atoms with van der Waals surface area (Å²) in [5.74, 6) is -0.108. The number of para-hydroxylation sites is 1. The van der Waals surface area contributed by atoms with Gasteiger partial charge in [-0.1, -0.05) is 12.1 Å². The Hall–Kier alpha value is -2.48. The van der Waals surface area contributed by atoms with Crippen molar-refractivity contribution in [2.24, 2.45) is 0 Å². The molecule has 2 amide bonds. The highest BCUT2D eigenvalue weighted by Crippen LogP contribution is 2.26. The minimum absolute atomic E-state index is 0.0211. The largest absolute Gasteiger partial charge is 0.366 e. The summed E-state index contributed by atoms with van der Waals surface area (Å²) in [5, 5.41) is 2.54. The molecule has 1 aromatic heterocycles. The van der Waals surface area contributed by atoms with Crippen molar-refractivity contribution in [3.63, 3.8) is 0 Å². The standard InChI is InChI=1S/C19H21FN4O2S/c20-15-4-1-2-5-16(15)22-8-10-23(11-9-22)18(26)12-14-13-27-19(21-14)24-7-3-6-17(24)25/h1-2,4-5,13H,3,6-12H2. The second kappa shape index (κ2) is 7.64. The molecule has 0 bridgehead atoms. The third-order valence-corrected chi connectivity index (χ3v) is 5.91. The van der Waals surface area contributed by atoms with E-state index in [4.69, 9.17) is 0 Å². The Morgan fingerprint density at radius 3 is 2.63 bits per heavy atom. The Labute approximate surface area is 161 Å². The number of rotatable bonds is 4. The van der Waals surface area contributed by atoms with Gasteiger partial charge in [0.15, 0.2) is 5.13 Å². The Morgan fingerprint density at radius 2 is 1.93 bits per heavy atom. The fraction of sp³-hybridized carbons (Fsp3) is 0.421. The van der Waals surface area contributed by atoms with Crippen molar-refractivity contribution in [1.82, 2.24) is 9.88 Å². The number of aromatic nitrogens is 1. The average Bonchev–Trinajstić information content (AvgIpc) is 3.31. The first-order chi connectivity index (χ1) is 13.1. The molecule has 27 heavy (non-hydrogen) atoms. The molecule has 0 radical (unpaired) electrons. The fourth-order valence-corrected chi connectivity index (χ4v) is 4.39. The van der Waals surface area contributed by atoms with E-state index in [2.05, 4.69) is 4.98 Å². The maximum atomic E-state index is 13.9. The second-order valence-electron chi connectivity index (χ2n) is 6.77. The number of carbonyl (C=O) groups excluding carboxylic acids is 2. The molecule has 0 saturated carbocycles. The molecule has 0 N–H and O–H groups in total. The van der Waals surface area contributed by atoms with Gasteiger partial charge in [-0.05, 0) is 18.6 Å². The molecule has 2 saturated heterocycles. The Kier molecular flexibility index (Phi) is 5.07. The molecular weight excluding hydrogens is 367 g/mol. The molecule has 0 spiro atoms. The van der Waals surface area contributed by atoms with Gasteiger partial charge in [0.1, 0.15) is 5.82 Å². The summed E-state index contributed by atoms with van der Waals surface area (Å²) in [6.45, 7) is 3.05. The molecule has 0 atom stereocenters. The van der Waals surface area contributed by atoms with Crippen molar-refractivity contribution in [2.75, 3.05) is 42.5 Å². The second-order valence-corrected chi connectivity index (χ2v) is 7.60. The molecule has 2 aliphatic heterocycles. The molecule has 2 aromatic rings. The van der Waals surface area contributed by atoms with Crippen LogP contribution in [0.4, 0.5) is 15.2 Å². The predicted octanol–water partition coefficient (Wildman–Crippen LogP) is 2.30. The number of anilines is 2. The molecule has 0 unspecified atom stereocenters. The van der Waals surface area contributed by atoms with E-state index in [1.54, 1.807) is 21.9 Å². The number of hydrogen-bond acceptors (Lipinski definition) is 5. The quantitative estimate of drug-likeness (QED) is 0.807. The third kappa shape index (κ3) is 3.80. The zero-order valence-corrected chi connectivity index (χ0v) is 15.8.